The van der Waals surface area contributed by atoms with Crippen molar-refractivity contribution in [2.45, 2.75) is 6.92 Å². The van der Waals surface area contributed by atoms with Crippen molar-refractivity contribution in [3.05, 3.63) is 52.7 Å². The van der Waals surface area contributed by atoms with Crippen LogP contribution in [-0.4, -0.2) is 9.97 Å². The number of aryl methyl sites for hydroxylation is 1. The van der Waals surface area contributed by atoms with Crippen LogP contribution in [0, 0.1) is 6.92 Å². The number of benzene rings is 1. The Labute approximate surface area is 116 Å². The first-order chi connectivity index (χ1) is 8.56. The molecular formula is C13H11ClN2OS. The number of nitrogens with zero attached hydrogens (tertiary/aromatic N) is 1. The molecule has 0 bridgehead atoms. The molecule has 0 atom stereocenters. The Bertz CT molecular complexity index is 584. The van der Waals surface area contributed by atoms with Gasteiger partial charge in [-0.15, -0.1) is 0 Å². The predicted octanol–water partition coefficient (Wildman–Crippen LogP) is 3.47. The molecule has 0 unspecified atom stereocenters. The highest BCUT2D eigenvalue weighted by Gasteiger charge is 2.09. The largest absolute Gasteiger partial charge is 0.438 e. The van der Waals surface area contributed by atoms with Gasteiger partial charge >= 0.3 is 0 Å². The van der Waals surface area contributed by atoms with Crippen molar-refractivity contribution in [1.82, 2.24) is 4.98 Å². The van der Waals surface area contributed by atoms with Crippen molar-refractivity contribution >= 4 is 28.8 Å². The SMILES string of the molecule is Cc1ccc(C(N)=S)c(Oc2ccc(Cl)cc2)n1. The second-order valence-electron chi connectivity index (χ2n) is 3.73. The van der Waals surface area contributed by atoms with Crippen LogP contribution >= 0.6 is 23.8 Å². The fourth-order valence-corrected chi connectivity index (χ4v) is 1.69. The van der Waals surface area contributed by atoms with Gasteiger partial charge < -0.3 is 10.5 Å². The van der Waals surface area contributed by atoms with E-state index < -0.39 is 0 Å². The summed E-state index contributed by atoms with van der Waals surface area (Å²) < 4.78 is 5.67. The van der Waals surface area contributed by atoms with E-state index >= 15 is 0 Å². The third kappa shape index (κ3) is 2.97. The maximum absolute atomic E-state index is 5.81. The molecule has 1 heterocycles. The minimum absolute atomic E-state index is 0.256. The molecule has 0 spiro atoms. The summed E-state index contributed by atoms with van der Waals surface area (Å²) in [5, 5.41) is 0.647. The van der Waals surface area contributed by atoms with Crippen LogP contribution in [0.4, 0.5) is 0 Å². The Kier molecular flexibility index (Phi) is 3.79. The second-order valence-corrected chi connectivity index (χ2v) is 4.60. The quantitative estimate of drug-likeness (QED) is 0.874. The molecule has 0 saturated carbocycles. The number of hydrogen-bond donors (Lipinski definition) is 1. The second kappa shape index (κ2) is 5.33. The van der Waals surface area contributed by atoms with Gasteiger partial charge in [0.25, 0.3) is 0 Å². The fourth-order valence-electron chi connectivity index (χ4n) is 1.41. The van der Waals surface area contributed by atoms with Gasteiger partial charge in [-0.2, -0.15) is 0 Å². The Morgan fingerprint density at radius 3 is 2.50 bits per heavy atom. The van der Waals surface area contributed by atoms with Crippen molar-refractivity contribution < 1.29 is 4.74 Å². The molecule has 2 aromatic rings. The number of thiocarbonyl (C=S) groups is 1. The van der Waals surface area contributed by atoms with Crippen molar-refractivity contribution in [1.29, 1.82) is 0 Å². The van der Waals surface area contributed by atoms with Crippen molar-refractivity contribution in [3.8, 4) is 11.6 Å². The van der Waals surface area contributed by atoms with Gasteiger partial charge in [-0.1, -0.05) is 23.8 Å². The highest BCUT2D eigenvalue weighted by molar-refractivity contribution is 7.80. The molecule has 0 aliphatic heterocycles. The number of aromatic nitrogens is 1. The van der Waals surface area contributed by atoms with Gasteiger partial charge in [-0.25, -0.2) is 4.98 Å². The van der Waals surface area contributed by atoms with Crippen molar-refractivity contribution in [3.63, 3.8) is 0 Å². The van der Waals surface area contributed by atoms with Crippen LogP contribution in [0.1, 0.15) is 11.3 Å². The number of hydrogen-bond acceptors (Lipinski definition) is 3. The number of ether oxygens (including phenoxy) is 1. The van der Waals surface area contributed by atoms with Crippen LogP contribution in [0.25, 0.3) is 0 Å². The van der Waals surface area contributed by atoms with Crippen LogP contribution in [0.5, 0.6) is 11.6 Å². The molecule has 18 heavy (non-hydrogen) atoms. The molecule has 0 amide bonds. The van der Waals surface area contributed by atoms with E-state index in [9.17, 15) is 0 Å². The molecule has 0 saturated heterocycles. The van der Waals surface area contributed by atoms with Gasteiger partial charge in [0, 0.05) is 10.7 Å². The smallest absolute Gasteiger partial charge is 0.229 e. The first kappa shape index (κ1) is 12.8. The zero-order valence-electron chi connectivity index (χ0n) is 9.68. The number of nitrogens with two attached hydrogens (primary N) is 1. The zero-order valence-corrected chi connectivity index (χ0v) is 11.3. The topological polar surface area (TPSA) is 48.1 Å². The molecule has 1 aromatic carbocycles. The summed E-state index contributed by atoms with van der Waals surface area (Å²) in [7, 11) is 0. The minimum atomic E-state index is 0.256. The van der Waals surface area contributed by atoms with Crippen LogP contribution in [0.15, 0.2) is 36.4 Å². The maximum atomic E-state index is 5.81. The number of rotatable bonds is 3. The Morgan fingerprint density at radius 2 is 1.89 bits per heavy atom. The van der Waals surface area contributed by atoms with Crippen molar-refractivity contribution in [2.24, 2.45) is 5.73 Å². The number of halogens is 1. The van der Waals surface area contributed by atoms with E-state index in [1.807, 2.05) is 13.0 Å². The van der Waals surface area contributed by atoms with Gasteiger partial charge in [0.05, 0.1) is 5.56 Å². The molecular weight excluding hydrogens is 268 g/mol. The molecule has 2 rings (SSSR count). The lowest BCUT2D eigenvalue weighted by atomic mass is 10.2. The molecule has 5 heteroatoms. The summed E-state index contributed by atoms with van der Waals surface area (Å²) in [5.74, 6) is 1.04. The average Bonchev–Trinajstić information content (AvgIpc) is 2.32. The summed E-state index contributed by atoms with van der Waals surface area (Å²) in [4.78, 5) is 4.55. The molecule has 0 aliphatic carbocycles. The Hall–Kier alpha value is -1.65. The summed E-state index contributed by atoms with van der Waals surface area (Å²) in [6, 6.07) is 10.6. The average molecular weight is 279 g/mol. The minimum Gasteiger partial charge on any atom is -0.438 e. The Balaban J connectivity index is 2.35. The van der Waals surface area contributed by atoms with E-state index in [4.69, 9.17) is 34.3 Å². The summed E-state index contributed by atoms with van der Waals surface area (Å²) in [5.41, 5.74) is 7.08. The first-order valence-corrected chi connectivity index (χ1v) is 6.06. The lowest BCUT2D eigenvalue weighted by molar-refractivity contribution is 0.460. The molecule has 92 valence electrons. The van der Waals surface area contributed by atoms with E-state index in [0.717, 1.165) is 5.69 Å². The van der Waals surface area contributed by atoms with Crippen molar-refractivity contribution in [2.75, 3.05) is 0 Å². The standard InChI is InChI=1S/C13H11ClN2OS/c1-8-2-7-11(12(15)18)13(16-8)17-10-5-3-9(14)4-6-10/h2-7H,1H3,(H2,15,18). The lowest BCUT2D eigenvalue weighted by Gasteiger charge is -2.09. The first-order valence-electron chi connectivity index (χ1n) is 5.27. The van der Waals surface area contributed by atoms with Crippen LogP contribution in [0.2, 0.25) is 5.02 Å². The van der Waals surface area contributed by atoms with E-state index in [1.165, 1.54) is 0 Å². The summed E-state index contributed by atoms with van der Waals surface area (Å²) in [6.07, 6.45) is 0. The molecule has 0 radical (unpaired) electrons. The van der Waals surface area contributed by atoms with Crippen LogP contribution in [-0.2, 0) is 0 Å². The van der Waals surface area contributed by atoms with Gasteiger partial charge in [-0.3, -0.25) is 0 Å². The molecule has 2 N–H and O–H groups in total. The molecule has 0 aliphatic rings. The molecule has 1 aromatic heterocycles. The fraction of sp³-hybridized carbons (Fsp3) is 0.0769. The molecule has 0 fully saturated rings. The van der Waals surface area contributed by atoms with E-state index in [0.29, 0.717) is 22.2 Å². The van der Waals surface area contributed by atoms with Gasteiger partial charge in [0.1, 0.15) is 10.7 Å². The van der Waals surface area contributed by atoms with Gasteiger partial charge in [-0.05, 0) is 43.3 Å². The lowest BCUT2D eigenvalue weighted by Crippen LogP contribution is -2.11. The molecule has 3 nitrogen and oxygen atoms in total. The van der Waals surface area contributed by atoms with Gasteiger partial charge in [0.2, 0.25) is 5.88 Å². The third-order valence-electron chi connectivity index (χ3n) is 2.29. The zero-order chi connectivity index (χ0) is 13.1. The monoisotopic (exact) mass is 278 g/mol. The normalized spacial score (nSPS) is 10.1. The number of pyridine rings is 1. The maximum Gasteiger partial charge on any atom is 0.229 e. The van der Waals surface area contributed by atoms with Crippen LogP contribution in [0.3, 0.4) is 0 Å². The van der Waals surface area contributed by atoms with E-state index in [2.05, 4.69) is 4.98 Å². The van der Waals surface area contributed by atoms with E-state index in [-0.39, 0.29) is 4.99 Å². The van der Waals surface area contributed by atoms with Gasteiger partial charge in [0.15, 0.2) is 0 Å². The summed E-state index contributed by atoms with van der Waals surface area (Å²) >= 11 is 10.8. The van der Waals surface area contributed by atoms with Crippen LogP contribution < -0.4 is 10.5 Å². The highest BCUT2D eigenvalue weighted by atomic mass is 35.5. The third-order valence-corrected chi connectivity index (χ3v) is 2.77. The predicted molar refractivity (Wildman–Crippen MR) is 76.4 cm³/mol. The Morgan fingerprint density at radius 1 is 1.22 bits per heavy atom. The van der Waals surface area contributed by atoms with E-state index in [1.54, 1.807) is 30.3 Å². The summed E-state index contributed by atoms with van der Waals surface area (Å²) in [6.45, 7) is 1.87. The highest BCUT2D eigenvalue weighted by Crippen LogP contribution is 2.24.